The third kappa shape index (κ3) is 2.86. The van der Waals surface area contributed by atoms with Gasteiger partial charge in [-0.15, -0.1) is 0 Å². The monoisotopic (exact) mass is 404 g/mol. The van der Waals surface area contributed by atoms with Gasteiger partial charge in [0, 0.05) is 11.8 Å². The minimum Gasteiger partial charge on any atom is -0.390 e. The highest BCUT2D eigenvalue weighted by Crippen LogP contribution is 2.67. The molecule has 0 amide bonds. The van der Waals surface area contributed by atoms with Gasteiger partial charge in [0.1, 0.15) is 0 Å². The van der Waals surface area contributed by atoms with Gasteiger partial charge in [-0.1, -0.05) is 52.7 Å². The van der Waals surface area contributed by atoms with E-state index in [1.807, 2.05) is 0 Å². The van der Waals surface area contributed by atoms with Crippen molar-refractivity contribution in [2.24, 2.45) is 28.6 Å². The van der Waals surface area contributed by atoms with Gasteiger partial charge >= 0.3 is 0 Å². The highest BCUT2D eigenvalue weighted by molar-refractivity contribution is 6.74. The lowest BCUT2D eigenvalue weighted by atomic mass is 9.48. The van der Waals surface area contributed by atoms with Crippen LogP contribution in [-0.2, 0) is 4.43 Å². The summed E-state index contributed by atoms with van der Waals surface area (Å²) in [5.74, 6) is 1.24. The molecule has 0 aromatic carbocycles. The number of fused-ring (bicyclic) bond motifs is 5. The first-order valence-electron chi connectivity index (χ1n) is 12.0. The Morgan fingerprint density at radius 1 is 1.04 bits per heavy atom. The first-order valence-corrected chi connectivity index (χ1v) is 14.9. The molecule has 2 nitrogen and oxygen atoms in total. The van der Waals surface area contributed by atoms with Crippen LogP contribution in [-0.4, -0.2) is 19.2 Å². The highest BCUT2D eigenvalue weighted by atomic mass is 28.4. The molecule has 0 heterocycles. The van der Waals surface area contributed by atoms with E-state index in [9.17, 15) is 5.11 Å². The number of rotatable bonds is 2. The van der Waals surface area contributed by atoms with E-state index in [0.29, 0.717) is 11.3 Å². The molecule has 160 valence electrons. The van der Waals surface area contributed by atoms with Crippen molar-refractivity contribution >= 4 is 8.32 Å². The molecule has 3 heteroatoms. The molecule has 3 fully saturated rings. The van der Waals surface area contributed by atoms with E-state index in [-0.39, 0.29) is 10.5 Å². The maximum Gasteiger partial charge on any atom is 0.195 e. The lowest BCUT2D eigenvalue weighted by molar-refractivity contribution is -0.235. The Morgan fingerprint density at radius 3 is 2.39 bits per heavy atom. The Labute approximate surface area is 174 Å². The molecule has 0 spiro atoms. The number of hydrogen-bond acceptors (Lipinski definition) is 2. The third-order valence-corrected chi connectivity index (χ3v) is 14.8. The molecular weight excluding hydrogens is 360 g/mol. The average Bonchev–Trinajstić information content (AvgIpc) is 2.84. The number of hydrogen-bond donors (Lipinski definition) is 1. The fraction of sp³-hybridized carbons (Fsp3) is 0.920. The molecule has 0 aromatic rings. The molecule has 3 saturated carbocycles. The van der Waals surface area contributed by atoms with Crippen LogP contribution >= 0.6 is 0 Å². The molecule has 0 saturated heterocycles. The van der Waals surface area contributed by atoms with Gasteiger partial charge in [-0.3, -0.25) is 0 Å². The SMILES string of the molecule is CC(C)(C)[Si](C)(C)OC1(O)CC[C@H]2[C@@H]3CC=C4CCCC[C@]4(C)[C@@H]3CC[C@@]21C. The summed E-state index contributed by atoms with van der Waals surface area (Å²) in [6, 6.07) is 0. The summed E-state index contributed by atoms with van der Waals surface area (Å²) in [4.78, 5) is 0. The summed E-state index contributed by atoms with van der Waals surface area (Å²) < 4.78 is 6.81. The summed E-state index contributed by atoms with van der Waals surface area (Å²) in [6.45, 7) is 16.4. The Kier molecular flexibility index (Phi) is 4.86. The first-order chi connectivity index (χ1) is 12.8. The molecule has 4 aliphatic carbocycles. The summed E-state index contributed by atoms with van der Waals surface area (Å²) in [7, 11) is -2.01. The quantitative estimate of drug-likeness (QED) is 0.303. The second-order valence-electron chi connectivity index (χ2n) is 12.6. The van der Waals surface area contributed by atoms with Crippen LogP contribution in [0.5, 0.6) is 0 Å². The zero-order valence-electron chi connectivity index (χ0n) is 19.5. The molecule has 0 radical (unpaired) electrons. The molecule has 0 aromatic heterocycles. The van der Waals surface area contributed by atoms with Crippen LogP contribution < -0.4 is 0 Å². The van der Waals surface area contributed by atoms with E-state index >= 15 is 0 Å². The van der Waals surface area contributed by atoms with Crippen LogP contribution in [0.4, 0.5) is 0 Å². The van der Waals surface area contributed by atoms with Crippen molar-refractivity contribution in [3.8, 4) is 0 Å². The molecule has 4 rings (SSSR count). The van der Waals surface area contributed by atoms with E-state index in [4.69, 9.17) is 4.43 Å². The van der Waals surface area contributed by atoms with E-state index in [2.05, 4.69) is 53.8 Å². The van der Waals surface area contributed by atoms with E-state index in [1.54, 1.807) is 5.57 Å². The summed E-state index contributed by atoms with van der Waals surface area (Å²) in [5.41, 5.74) is 2.12. The molecule has 6 atom stereocenters. The lowest BCUT2D eigenvalue weighted by Crippen LogP contribution is -2.59. The topological polar surface area (TPSA) is 29.5 Å². The van der Waals surface area contributed by atoms with Gasteiger partial charge in [-0.2, -0.15) is 0 Å². The minimum absolute atomic E-state index is 0.0833. The highest BCUT2D eigenvalue weighted by Gasteiger charge is 2.65. The Morgan fingerprint density at radius 2 is 1.71 bits per heavy atom. The van der Waals surface area contributed by atoms with Crippen molar-refractivity contribution in [2.45, 2.75) is 116 Å². The van der Waals surface area contributed by atoms with Crippen LogP contribution in [0.25, 0.3) is 0 Å². The fourth-order valence-electron chi connectivity index (χ4n) is 7.42. The predicted molar refractivity (Wildman–Crippen MR) is 120 cm³/mol. The van der Waals surface area contributed by atoms with Crippen molar-refractivity contribution in [3.05, 3.63) is 11.6 Å². The van der Waals surface area contributed by atoms with Crippen LogP contribution in [0.2, 0.25) is 18.1 Å². The summed E-state index contributed by atoms with van der Waals surface area (Å²) in [6.07, 6.45) is 13.7. The first kappa shape index (κ1) is 21.1. The molecule has 0 bridgehead atoms. The van der Waals surface area contributed by atoms with Crippen molar-refractivity contribution in [3.63, 3.8) is 0 Å². The predicted octanol–water partition coefficient (Wildman–Crippen LogP) is 7.05. The van der Waals surface area contributed by atoms with Gasteiger partial charge in [0.15, 0.2) is 14.1 Å². The number of aliphatic hydroxyl groups is 1. The largest absolute Gasteiger partial charge is 0.390 e. The second-order valence-corrected chi connectivity index (χ2v) is 17.3. The zero-order valence-corrected chi connectivity index (χ0v) is 20.5. The lowest BCUT2D eigenvalue weighted by Gasteiger charge is -2.59. The minimum atomic E-state index is -2.01. The van der Waals surface area contributed by atoms with Crippen molar-refractivity contribution in [1.82, 2.24) is 0 Å². The Hall–Kier alpha value is -0.123. The smallest absolute Gasteiger partial charge is 0.195 e. The van der Waals surface area contributed by atoms with Gasteiger partial charge in [-0.25, -0.2) is 0 Å². The standard InChI is InChI=1S/C25H44O2Si/c1-22(2,3)28(6,7)27-25(26)17-14-21-19-12-11-18-10-8-9-15-23(18,4)20(19)13-16-24(21,25)5/h11,19-21,26H,8-10,12-17H2,1-7H3/t19-,20-,21+,23+,24+,25?/m1/s1. The molecule has 0 aliphatic heterocycles. The van der Waals surface area contributed by atoms with Crippen LogP contribution in [0.3, 0.4) is 0 Å². The third-order valence-electron chi connectivity index (χ3n) is 10.3. The molecule has 1 unspecified atom stereocenters. The Balaban J connectivity index is 1.63. The maximum atomic E-state index is 11.9. The van der Waals surface area contributed by atoms with Gasteiger partial charge in [0.25, 0.3) is 0 Å². The van der Waals surface area contributed by atoms with Crippen LogP contribution in [0.15, 0.2) is 11.6 Å². The Bertz CT molecular complexity index is 662. The molecule has 28 heavy (non-hydrogen) atoms. The zero-order chi connectivity index (χ0) is 20.6. The molecule has 4 aliphatic rings. The van der Waals surface area contributed by atoms with Crippen LogP contribution in [0, 0.1) is 28.6 Å². The van der Waals surface area contributed by atoms with Gasteiger partial charge < -0.3 is 9.53 Å². The number of allylic oxidation sites excluding steroid dienone is 2. The van der Waals surface area contributed by atoms with Crippen molar-refractivity contribution in [2.75, 3.05) is 0 Å². The summed E-state index contributed by atoms with van der Waals surface area (Å²) in [5, 5.41) is 12.1. The second kappa shape index (κ2) is 6.44. The molecular formula is C25H44O2Si. The average molecular weight is 405 g/mol. The van der Waals surface area contributed by atoms with Gasteiger partial charge in [-0.05, 0) is 86.2 Å². The van der Waals surface area contributed by atoms with E-state index in [0.717, 1.165) is 31.1 Å². The van der Waals surface area contributed by atoms with Gasteiger partial charge in [0.2, 0.25) is 0 Å². The fourth-order valence-corrected chi connectivity index (χ4v) is 8.90. The van der Waals surface area contributed by atoms with Crippen molar-refractivity contribution < 1.29 is 9.53 Å². The van der Waals surface area contributed by atoms with Gasteiger partial charge in [0.05, 0.1) is 0 Å². The summed E-state index contributed by atoms with van der Waals surface area (Å²) >= 11 is 0. The van der Waals surface area contributed by atoms with Crippen molar-refractivity contribution in [1.29, 1.82) is 0 Å². The van der Waals surface area contributed by atoms with Crippen LogP contribution in [0.1, 0.15) is 92.4 Å². The normalized spacial score (nSPS) is 46.4. The van der Waals surface area contributed by atoms with E-state index in [1.165, 1.54) is 38.5 Å². The van der Waals surface area contributed by atoms with E-state index < -0.39 is 14.1 Å². The maximum absolute atomic E-state index is 11.9. The molecule has 1 N–H and O–H groups in total.